The summed E-state index contributed by atoms with van der Waals surface area (Å²) in [4.78, 5) is 19.5. The van der Waals surface area contributed by atoms with Crippen LogP contribution in [0.3, 0.4) is 0 Å². The predicted octanol–water partition coefficient (Wildman–Crippen LogP) is 3.79. The molecule has 0 fully saturated rings. The number of nitrogens with zero attached hydrogens (tertiary/aromatic N) is 2. The van der Waals surface area contributed by atoms with Crippen LogP contribution in [0.2, 0.25) is 5.02 Å². The Morgan fingerprint density at radius 2 is 2.20 bits per heavy atom. The molecule has 0 bridgehead atoms. The zero-order chi connectivity index (χ0) is 14.1. The van der Waals surface area contributed by atoms with Crippen LogP contribution < -0.4 is 5.32 Å². The third kappa shape index (κ3) is 2.43. The largest absolute Gasteiger partial charge is 0.478 e. The number of hydrogen-bond donors (Lipinski definition) is 2. The zero-order valence-corrected chi connectivity index (χ0v) is 11.6. The molecule has 2 heterocycles. The molecule has 0 saturated carbocycles. The number of carboxylic acids is 1. The van der Waals surface area contributed by atoms with Gasteiger partial charge in [-0.3, -0.25) is 0 Å². The van der Waals surface area contributed by atoms with E-state index in [2.05, 4.69) is 15.3 Å². The monoisotopic (exact) mass is 305 g/mol. The molecule has 0 aliphatic rings. The smallest absolute Gasteiger partial charge is 0.339 e. The molecule has 100 valence electrons. The van der Waals surface area contributed by atoms with Crippen LogP contribution in [-0.4, -0.2) is 21.0 Å². The van der Waals surface area contributed by atoms with E-state index in [9.17, 15) is 4.79 Å². The van der Waals surface area contributed by atoms with Crippen LogP contribution in [0.4, 0.5) is 10.9 Å². The second-order valence-corrected chi connectivity index (χ2v) is 5.43. The fraction of sp³-hybridized carbons (Fsp3) is 0. The van der Waals surface area contributed by atoms with E-state index in [4.69, 9.17) is 16.7 Å². The maximum absolute atomic E-state index is 11.1. The van der Waals surface area contributed by atoms with Gasteiger partial charge in [0.25, 0.3) is 0 Å². The van der Waals surface area contributed by atoms with Crippen molar-refractivity contribution in [2.75, 3.05) is 5.32 Å². The molecule has 20 heavy (non-hydrogen) atoms. The van der Waals surface area contributed by atoms with Crippen molar-refractivity contribution in [3.63, 3.8) is 0 Å². The van der Waals surface area contributed by atoms with Gasteiger partial charge in [-0.2, -0.15) is 0 Å². The quantitative estimate of drug-likeness (QED) is 0.770. The molecule has 0 spiro atoms. The van der Waals surface area contributed by atoms with Gasteiger partial charge in [-0.1, -0.05) is 22.9 Å². The SMILES string of the molecule is O=C(O)c1cccnc1Nc1nc2ccc(Cl)cc2s1. The summed E-state index contributed by atoms with van der Waals surface area (Å²) in [5, 5.41) is 13.2. The van der Waals surface area contributed by atoms with Gasteiger partial charge >= 0.3 is 5.97 Å². The van der Waals surface area contributed by atoms with Crippen LogP contribution in [-0.2, 0) is 0 Å². The molecule has 2 N–H and O–H groups in total. The topological polar surface area (TPSA) is 75.1 Å². The van der Waals surface area contributed by atoms with Gasteiger partial charge < -0.3 is 10.4 Å². The lowest BCUT2D eigenvalue weighted by Crippen LogP contribution is -2.04. The van der Waals surface area contributed by atoms with E-state index in [0.29, 0.717) is 10.2 Å². The summed E-state index contributed by atoms with van der Waals surface area (Å²) in [7, 11) is 0. The van der Waals surface area contributed by atoms with E-state index >= 15 is 0 Å². The Bertz CT molecular complexity index is 803. The van der Waals surface area contributed by atoms with E-state index in [-0.39, 0.29) is 11.4 Å². The minimum absolute atomic E-state index is 0.102. The number of aromatic carboxylic acids is 1. The first kappa shape index (κ1) is 12.8. The first-order valence-corrected chi connectivity index (χ1v) is 6.84. The Morgan fingerprint density at radius 3 is 3.00 bits per heavy atom. The summed E-state index contributed by atoms with van der Waals surface area (Å²) in [6.45, 7) is 0. The van der Waals surface area contributed by atoms with Gasteiger partial charge in [0.15, 0.2) is 5.13 Å². The molecule has 0 amide bonds. The van der Waals surface area contributed by atoms with Crippen molar-refractivity contribution >= 4 is 50.1 Å². The van der Waals surface area contributed by atoms with Gasteiger partial charge in [-0.25, -0.2) is 14.8 Å². The molecule has 0 radical (unpaired) electrons. The maximum atomic E-state index is 11.1. The standard InChI is InChI=1S/C13H8ClN3O2S/c14-7-3-4-9-10(6-7)20-13(16-9)17-11-8(12(18)19)2-1-5-15-11/h1-6H,(H,18,19)(H,15,16,17). The maximum Gasteiger partial charge on any atom is 0.339 e. The zero-order valence-electron chi connectivity index (χ0n) is 10.0. The average Bonchev–Trinajstić information content (AvgIpc) is 2.80. The number of pyridine rings is 1. The van der Waals surface area contributed by atoms with Crippen LogP contribution in [0.15, 0.2) is 36.5 Å². The first-order valence-electron chi connectivity index (χ1n) is 5.65. The number of thiazole rings is 1. The number of carbonyl (C=O) groups is 1. The summed E-state index contributed by atoms with van der Waals surface area (Å²) in [5.74, 6) is -0.769. The number of halogens is 1. The highest BCUT2D eigenvalue weighted by atomic mass is 35.5. The van der Waals surface area contributed by atoms with Crippen LogP contribution in [0, 0.1) is 0 Å². The highest BCUT2D eigenvalue weighted by Crippen LogP contribution is 2.30. The molecule has 2 aromatic heterocycles. The molecule has 0 atom stereocenters. The number of benzene rings is 1. The summed E-state index contributed by atoms with van der Waals surface area (Å²) >= 11 is 7.31. The number of carboxylic acid groups (broad SMARTS) is 1. The highest BCUT2D eigenvalue weighted by Gasteiger charge is 2.12. The first-order chi connectivity index (χ1) is 9.63. The number of anilines is 2. The molecule has 3 aromatic rings. The molecule has 0 aliphatic carbocycles. The van der Waals surface area contributed by atoms with Crippen molar-refractivity contribution in [3.05, 3.63) is 47.1 Å². The van der Waals surface area contributed by atoms with E-state index in [1.165, 1.54) is 23.6 Å². The second-order valence-electron chi connectivity index (χ2n) is 3.96. The Hall–Kier alpha value is -2.18. The Balaban J connectivity index is 1.99. The summed E-state index contributed by atoms with van der Waals surface area (Å²) in [5.41, 5.74) is 0.902. The molecule has 3 rings (SSSR count). The Morgan fingerprint density at radius 1 is 1.35 bits per heavy atom. The molecular weight excluding hydrogens is 298 g/mol. The summed E-state index contributed by atoms with van der Waals surface area (Å²) in [6.07, 6.45) is 1.53. The van der Waals surface area contributed by atoms with Crippen LogP contribution in [0.5, 0.6) is 0 Å². The predicted molar refractivity (Wildman–Crippen MR) is 79.1 cm³/mol. The molecule has 5 nitrogen and oxygen atoms in total. The van der Waals surface area contributed by atoms with Crippen LogP contribution in [0.1, 0.15) is 10.4 Å². The van der Waals surface area contributed by atoms with Gasteiger partial charge in [-0.15, -0.1) is 0 Å². The lowest BCUT2D eigenvalue weighted by atomic mass is 10.2. The molecular formula is C13H8ClN3O2S. The summed E-state index contributed by atoms with van der Waals surface area (Å²) < 4.78 is 0.924. The van der Waals surface area contributed by atoms with E-state index < -0.39 is 5.97 Å². The van der Waals surface area contributed by atoms with E-state index in [1.807, 2.05) is 12.1 Å². The Kier molecular flexibility index (Phi) is 3.25. The third-order valence-electron chi connectivity index (χ3n) is 2.61. The number of fused-ring (bicyclic) bond motifs is 1. The number of nitrogens with one attached hydrogen (secondary N) is 1. The van der Waals surface area contributed by atoms with Crippen molar-refractivity contribution in [1.29, 1.82) is 0 Å². The van der Waals surface area contributed by atoms with Crippen molar-refractivity contribution in [2.45, 2.75) is 0 Å². The lowest BCUT2D eigenvalue weighted by molar-refractivity contribution is 0.0697. The average molecular weight is 306 g/mol. The molecule has 0 saturated heterocycles. The van der Waals surface area contributed by atoms with Crippen LogP contribution >= 0.6 is 22.9 Å². The molecule has 0 aliphatic heterocycles. The van der Waals surface area contributed by atoms with Crippen molar-refractivity contribution in [1.82, 2.24) is 9.97 Å². The van der Waals surface area contributed by atoms with Crippen molar-refractivity contribution < 1.29 is 9.90 Å². The van der Waals surface area contributed by atoms with Gasteiger partial charge in [-0.05, 0) is 30.3 Å². The van der Waals surface area contributed by atoms with Gasteiger partial charge in [0, 0.05) is 11.2 Å². The van der Waals surface area contributed by atoms with E-state index in [0.717, 1.165) is 10.2 Å². The van der Waals surface area contributed by atoms with Crippen molar-refractivity contribution in [2.24, 2.45) is 0 Å². The number of hydrogen-bond acceptors (Lipinski definition) is 5. The van der Waals surface area contributed by atoms with Crippen molar-refractivity contribution in [3.8, 4) is 0 Å². The number of aromatic nitrogens is 2. The minimum Gasteiger partial charge on any atom is -0.478 e. The normalized spacial score (nSPS) is 10.7. The fourth-order valence-electron chi connectivity index (χ4n) is 1.73. The lowest BCUT2D eigenvalue weighted by Gasteiger charge is -2.04. The third-order valence-corrected chi connectivity index (χ3v) is 3.78. The molecule has 0 unspecified atom stereocenters. The Labute approximate surface area is 122 Å². The minimum atomic E-state index is -1.04. The second kappa shape index (κ2) is 5.07. The van der Waals surface area contributed by atoms with E-state index in [1.54, 1.807) is 12.1 Å². The van der Waals surface area contributed by atoms with Crippen LogP contribution in [0.25, 0.3) is 10.2 Å². The molecule has 7 heteroatoms. The highest BCUT2D eigenvalue weighted by molar-refractivity contribution is 7.22. The number of rotatable bonds is 3. The van der Waals surface area contributed by atoms with Gasteiger partial charge in [0.2, 0.25) is 0 Å². The van der Waals surface area contributed by atoms with Gasteiger partial charge in [0.1, 0.15) is 11.4 Å². The van der Waals surface area contributed by atoms with Gasteiger partial charge in [0.05, 0.1) is 10.2 Å². The summed E-state index contributed by atoms with van der Waals surface area (Å²) in [6, 6.07) is 8.46. The molecule has 1 aromatic carbocycles. The fourth-order valence-corrected chi connectivity index (χ4v) is 2.87.